The van der Waals surface area contributed by atoms with Crippen LogP contribution in [0.2, 0.25) is 0 Å². The maximum atomic E-state index is 13.7. The summed E-state index contributed by atoms with van der Waals surface area (Å²) in [5.41, 5.74) is 2.15. The molecule has 4 N–H and O–H groups in total. The number of benzene rings is 3. The number of nitrogens with one attached hydrogen (secondary N) is 1. The number of carbonyl (C=O) groups is 1. The van der Waals surface area contributed by atoms with Crippen molar-refractivity contribution < 1.29 is 23.4 Å². The zero-order valence-corrected chi connectivity index (χ0v) is 21.7. The molecule has 2 heterocycles. The van der Waals surface area contributed by atoms with Crippen molar-refractivity contribution in [2.45, 2.75) is 38.3 Å². The van der Waals surface area contributed by atoms with Gasteiger partial charge in [-0.05, 0) is 81.3 Å². The van der Waals surface area contributed by atoms with Crippen LogP contribution < -0.4 is 5.32 Å². The molecule has 0 spiro atoms. The Hall–Kier alpha value is -3.24. The molecule has 1 unspecified atom stereocenters. The van der Waals surface area contributed by atoms with E-state index < -0.39 is 21.7 Å². The molecule has 1 atom stereocenters. The number of rotatable bonds is 5. The zero-order valence-electron chi connectivity index (χ0n) is 20.9. The summed E-state index contributed by atoms with van der Waals surface area (Å²) in [5.74, 6) is -0.288. The fourth-order valence-electron chi connectivity index (χ4n) is 4.78. The number of fused-ring (bicyclic) bond motifs is 1. The van der Waals surface area contributed by atoms with Gasteiger partial charge in [0.2, 0.25) is 0 Å². The van der Waals surface area contributed by atoms with Crippen LogP contribution in [0.15, 0.2) is 66.7 Å². The van der Waals surface area contributed by atoms with E-state index in [1.165, 1.54) is 12.1 Å². The third-order valence-corrected chi connectivity index (χ3v) is 8.76. The van der Waals surface area contributed by atoms with Gasteiger partial charge in [0, 0.05) is 22.3 Å². The van der Waals surface area contributed by atoms with E-state index in [4.69, 9.17) is 5.10 Å². The Morgan fingerprint density at radius 1 is 1.11 bits per heavy atom. The van der Waals surface area contributed by atoms with Crippen LogP contribution in [0.5, 0.6) is 0 Å². The van der Waals surface area contributed by atoms with Crippen LogP contribution >= 0.6 is 10.6 Å². The molecule has 1 aromatic heterocycles. The minimum Gasteiger partial charge on any atom is -0.386 e. The summed E-state index contributed by atoms with van der Waals surface area (Å²) in [5, 5.41) is 19.1. The first-order chi connectivity index (χ1) is 17.3. The molecule has 9 heteroatoms. The van der Waals surface area contributed by atoms with E-state index in [0.717, 1.165) is 16.5 Å². The van der Waals surface area contributed by atoms with Crippen molar-refractivity contribution in [3.63, 3.8) is 0 Å². The van der Waals surface area contributed by atoms with Gasteiger partial charge in [0.05, 0.1) is 28.1 Å². The summed E-state index contributed by atoms with van der Waals surface area (Å²) >= 11 is 0. The van der Waals surface area contributed by atoms with Gasteiger partial charge in [-0.2, -0.15) is 15.7 Å². The van der Waals surface area contributed by atoms with E-state index in [1.807, 2.05) is 37.3 Å². The van der Waals surface area contributed by atoms with Crippen molar-refractivity contribution in [3.8, 4) is 16.9 Å². The molecule has 3 aromatic carbocycles. The number of hydrogen-bond donors (Lipinski definition) is 4. The monoisotopic (exact) mass is 523 g/mol. The zero-order chi connectivity index (χ0) is 26.6. The highest BCUT2D eigenvalue weighted by molar-refractivity contribution is 8.24. The van der Waals surface area contributed by atoms with Gasteiger partial charge in [0.25, 0.3) is 5.91 Å². The average Bonchev–Trinajstić information content (AvgIpc) is 3.35. The van der Waals surface area contributed by atoms with Crippen LogP contribution in [-0.4, -0.2) is 46.9 Å². The predicted molar refractivity (Wildman–Crippen MR) is 145 cm³/mol. The second-order valence-electron chi connectivity index (χ2n) is 10.5. The molecule has 4 aromatic rings. The van der Waals surface area contributed by atoms with E-state index in [1.54, 1.807) is 42.8 Å². The summed E-state index contributed by atoms with van der Waals surface area (Å²) in [6, 6.07) is 18.7. The Balaban J connectivity index is 1.61. The molecule has 1 amide bonds. The quantitative estimate of drug-likeness (QED) is 0.268. The second-order valence-corrected chi connectivity index (χ2v) is 12.8. The van der Waals surface area contributed by atoms with E-state index in [9.17, 15) is 23.4 Å². The van der Waals surface area contributed by atoms with Gasteiger partial charge in [-0.25, -0.2) is 9.07 Å². The number of halogens is 1. The molecule has 0 radical (unpaired) electrons. The highest BCUT2D eigenvalue weighted by atomic mass is 32.3. The molecular weight excluding hydrogens is 493 g/mol. The molecule has 1 fully saturated rings. The van der Waals surface area contributed by atoms with E-state index in [2.05, 4.69) is 5.32 Å². The molecule has 37 heavy (non-hydrogen) atoms. The van der Waals surface area contributed by atoms with Crippen LogP contribution in [0.4, 0.5) is 4.39 Å². The van der Waals surface area contributed by atoms with E-state index in [0.29, 0.717) is 28.9 Å². The smallest absolute Gasteiger partial charge is 0.251 e. The Morgan fingerprint density at radius 3 is 2.49 bits per heavy atom. The number of aromatic nitrogens is 2. The minimum atomic E-state index is -2.68. The lowest BCUT2D eigenvalue weighted by Gasteiger charge is -2.30. The van der Waals surface area contributed by atoms with E-state index in [-0.39, 0.29) is 23.2 Å². The minimum absolute atomic E-state index is 0.128. The molecule has 0 bridgehead atoms. The molecule has 194 valence electrons. The largest absolute Gasteiger partial charge is 0.386 e. The molecular formula is C28H30FN3O4S. The average molecular weight is 524 g/mol. The van der Waals surface area contributed by atoms with Crippen molar-refractivity contribution in [2.24, 2.45) is 0 Å². The van der Waals surface area contributed by atoms with Gasteiger partial charge in [-0.15, -0.1) is 0 Å². The molecule has 1 aliphatic rings. The number of carbonyl (C=O) groups excluding carboxylic acids is 1. The lowest BCUT2D eigenvalue weighted by atomic mass is 9.95. The first-order valence-corrected chi connectivity index (χ1v) is 13.9. The van der Waals surface area contributed by atoms with Crippen LogP contribution in [0.1, 0.15) is 43.1 Å². The second kappa shape index (κ2) is 8.95. The van der Waals surface area contributed by atoms with Crippen molar-refractivity contribution in [3.05, 3.63) is 83.7 Å². The maximum absolute atomic E-state index is 13.7. The molecule has 5 rings (SSSR count). The SMILES string of the molecule is CC1(NC(=O)c2ccc3c(-c4cccc(C(C)(C)O)c4)nn(-c4ccc(F)cc4)c3c2)CCS(O)(O)C1. The number of amides is 1. The van der Waals surface area contributed by atoms with Gasteiger partial charge in [-0.1, -0.05) is 18.2 Å². The summed E-state index contributed by atoms with van der Waals surface area (Å²) < 4.78 is 35.4. The first-order valence-electron chi connectivity index (χ1n) is 12.0. The maximum Gasteiger partial charge on any atom is 0.251 e. The lowest BCUT2D eigenvalue weighted by Crippen LogP contribution is -2.46. The van der Waals surface area contributed by atoms with Crippen molar-refractivity contribution in [1.82, 2.24) is 15.1 Å². The Kier molecular flexibility index (Phi) is 6.15. The van der Waals surface area contributed by atoms with Crippen molar-refractivity contribution >= 4 is 27.4 Å². The van der Waals surface area contributed by atoms with Gasteiger partial charge in [0.1, 0.15) is 11.5 Å². The third kappa shape index (κ3) is 5.13. The van der Waals surface area contributed by atoms with Gasteiger partial charge < -0.3 is 10.4 Å². The highest BCUT2D eigenvalue weighted by Gasteiger charge is 2.39. The van der Waals surface area contributed by atoms with Crippen molar-refractivity contribution in [1.29, 1.82) is 0 Å². The van der Waals surface area contributed by atoms with Crippen molar-refractivity contribution in [2.75, 3.05) is 11.5 Å². The molecule has 1 saturated heterocycles. The highest BCUT2D eigenvalue weighted by Crippen LogP contribution is 2.50. The van der Waals surface area contributed by atoms with Crippen LogP contribution in [0, 0.1) is 5.82 Å². The van der Waals surface area contributed by atoms with Gasteiger partial charge in [0.15, 0.2) is 0 Å². The molecule has 7 nitrogen and oxygen atoms in total. The topological polar surface area (TPSA) is 108 Å². The van der Waals surface area contributed by atoms with Crippen LogP contribution in [0.25, 0.3) is 27.8 Å². The normalized spacial score (nSPS) is 20.2. The fourth-order valence-corrected chi connectivity index (χ4v) is 6.94. The summed E-state index contributed by atoms with van der Waals surface area (Å²) in [4.78, 5) is 13.2. The molecule has 0 aliphatic carbocycles. The number of hydrogen-bond acceptors (Lipinski definition) is 5. The fraction of sp³-hybridized carbons (Fsp3) is 0.286. The van der Waals surface area contributed by atoms with Gasteiger partial charge in [-0.3, -0.25) is 13.9 Å². The Morgan fingerprint density at radius 2 is 1.84 bits per heavy atom. The number of aliphatic hydroxyl groups is 1. The summed E-state index contributed by atoms with van der Waals surface area (Å²) in [6.45, 7) is 5.26. The third-order valence-electron chi connectivity index (χ3n) is 6.80. The predicted octanol–water partition coefficient (Wildman–Crippen LogP) is 5.70. The Labute approximate surface area is 216 Å². The standard InChI is InChI=1S/C28H30FN3O4S/c1-27(2,34)20-6-4-5-18(15-20)25-23-12-7-19(26(33)30-28(3)13-14-37(35,36)17-28)16-24(23)32(31-25)22-10-8-21(29)9-11-22/h4-12,15-16,34-36H,13-14,17H2,1-3H3,(H,30,33). The van der Waals surface area contributed by atoms with Crippen LogP contribution in [0.3, 0.4) is 0 Å². The molecule has 0 saturated carbocycles. The van der Waals surface area contributed by atoms with E-state index >= 15 is 0 Å². The summed E-state index contributed by atoms with van der Waals surface area (Å²) in [6.07, 6.45) is 0.485. The van der Waals surface area contributed by atoms with Gasteiger partial charge >= 0.3 is 0 Å². The van der Waals surface area contributed by atoms with Crippen LogP contribution in [-0.2, 0) is 5.60 Å². The lowest BCUT2D eigenvalue weighted by molar-refractivity contribution is 0.0786. The number of nitrogens with zero attached hydrogens (tertiary/aromatic N) is 2. The first kappa shape index (κ1) is 25.4. The Bertz CT molecular complexity index is 1490. The molecule has 1 aliphatic heterocycles. The summed E-state index contributed by atoms with van der Waals surface area (Å²) in [7, 11) is -2.68.